The van der Waals surface area contributed by atoms with Gasteiger partial charge in [0.05, 0.1) is 5.56 Å². The molecule has 0 aliphatic heterocycles. The van der Waals surface area contributed by atoms with Crippen LogP contribution in [0.1, 0.15) is 12.5 Å². The van der Waals surface area contributed by atoms with Crippen LogP contribution in [-0.4, -0.2) is 18.7 Å². The predicted molar refractivity (Wildman–Crippen MR) is 60.2 cm³/mol. The number of alkyl halides is 7. The van der Waals surface area contributed by atoms with Crippen LogP contribution in [0.3, 0.4) is 0 Å². The van der Waals surface area contributed by atoms with Crippen LogP contribution in [0, 0.1) is 0 Å². The molecule has 1 aromatic rings. The summed E-state index contributed by atoms with van der Waals surface area (Å²) in [6, 6.07) is 2.98. The second kappa shape index (κ2) is 5.42. The van der Waals surface area contributed by atoms with E-state index in [2.05, 4.69) is 20.7 Å². The van der Waals surface area contributed by atoms with Crippen molar-refractivity contribution >= 4 is 15.9 Å². The standard InChI is InChI=1S/C11H8BrF7O/c1-9(13,14)7-3-2-6(12)4-8(7)20-5-10(15,16)11(17,18)19/h2-4H,5H2,1H3. The lowest BCUT2D eigenvalue weighted by molar-refractivity contribution is -0.290. The van der Waals surface area contributed by atoms with Gasteiger partial charge in [-0.25, -0.2) is 8.78 Å². The minimum Gasteiger partial charge on any atom is -0.486 e. The van der Waals surface area contributed by atoms with Crippen molar-refractivity contribution in [2.45, 2.75) is 24.9 Å². The van der Waals surface area contributed by atoms with Crippen molar-refractivity contribution < 1.29 is 35.5 Å². The Morgan fingerprint density at radius 1 is 1.05 bits per heavy atom. The molecule has 0 amide bonds. The number of hydrogen-bond donors (Lipinski definition) is 0. The van der Waals surface area contributed by atoms with Gasteiger partial charge in [0.25, 0.3) is 5.92 Å². The SMILES string of the molecule is CC(F)(F)c1ccc(Br)cc1OCC(F)(F)C(F)(F)F. The highest BCUT2D eigenvalue weighted by atomic mass is 79.9. The maximum Gasteiger partial charge on any atom is 0.456 e. The average Bonchev–Trinajstić information content (AvgIpc) is 2.23. The quantitative estimate of drug-likeness (QED) is 0.669. The maximum atomic E-state index is 13.2. The van der Waals surface area contributed by atoms with E-state index in [1.165, 1.54) is 6.07 Å². The number of halogens is 8. The highest BCUT2D eigenvalue weighted by molar-refractivity contribution is 9.10. The topological polar surface area (TPSA) is 9.23 Å². The molecule has 0 atom stereocenters. The molecule has 1 nitrogen and oxygen atoms in total. The molecule has 0 spiro atoms. The molecular formula is C11H8BrF7O. The molecule has 1 aromatic carbocycles. The van der Waals surface area contributed by atoms with E-state index >= 15 is 0 Å². The lowest BCUT2D eigenvalue weighted by Crippen LogP contribution is -2.42. The highest BCUT2D eigenvalue weighted by Crippen LogP contribution is 2.39. The van der Waals surface area contributed by atoms with E-state index in [4.69, 9.17) is 0 Å². The minimum absolute atomic E-state index is 0.204. The van der Waals surface area contributed by atoms with Gasteiger partial charge in [-0.15, -0.1) is 0 Å². The summed E-state index contributed by atoms with van der Waals surface area (Å²) in [5.74, 6) is -9.31. The van der Waals surface area contributed by atoms with Gasteiger partial charge in [0, 0.05) is 11.4 Å². The number of hydrogen-bond acceptors (Lipinski definition) is 1. The van der Waals surface area contributed by atoms with Crippen molar-refractivity contribution in [2.24, 2.45) is 0 Å². The normalized spacial score (nSPS) is 13.4. The smallest absolute Gasteiger partial charge is 0.456 e. The van der Waals surface area contributed by atoms with Gasteiger partial charge < -0.3 is 4.74 Å². The summed E-state index contributed by atoms with van der Waals surface area (Å²) in [4.78, 5) is 0. The molecule has 0 aliphatic rings. The second-order valence-electron chi connectivity index (χ2n) is 4.02. The Balaban J connectivity index is 3.02. The Bertz CT molecular complexity index is 479. The first-order chi connectivity index (χ1) is 8.84. The summed E-state index contributed by atoms with van der Waals surface area (Å²) < 4.78 is 92.1. The molecule has 0 aliphatic carbocycles. The summed E-state index contributed by atoms with van der Waals surface area (Å²) in [6.45, 7) is -1.60. The first kappa shape index (κ1) is 17.1. The van der Waals surface area contributed by atoms with Gasteiger partial charge in [-0.2, -0.15) is 22.0 Å². The Morgan fingerprint density at radius 3 is 2.05 bits per heavy atom. The monoisotopic (exact) mass is 368 g/mol. The molecule has 0 unspecified atom stereocenters. The van der Waals surface area contributed by atoms with Crippen LogP contribution in [0.15, 0.2) is 22.7 Å². The van der Waals surface area contributed by atoms with Crippen molar-refractivity contribution in [1.29, 1.82) is 0 Å². The van der Waals surface area contributed by atoms with Gasteiger partial charge in [0.1, 0.15) is 5.75 Å². The third kappa shape index (κ3) is 4.00. The fourth-order valence-corrected chi connectivity index (χ4v) is 1.57. The van der Waals surface area contributed by atoms with Gasteiger partial charge in [-0.05, 0) is 18.2 Å². The summed E-state index contributed by atoms with van der Waals surface area (Å²) in [5, 5.41) is 0. The number of ether oxygens (including phenoxy) is 1. The Labute approximate surface area is 117 Å². The molecule has 0 N–H and O–H groups in total. The van der Waals surface area contributed by atoms with Crippen LogP contribution >= 0.6 is 15.9 Å². The van der Waals surface area contributed by atoms with Crippen LogP contribution in [0.4, 0.5) is 30.7 Å². The van der Waals surface area contributed by atoms with Crippen molar-refractivity contribution in [3.63, 3.8) is 0 Å². The molecule has 0 fully saturated rings. The van der Waals surface area contributed by atoms with E-state index < -0.39 is 35.9 Å². The highest BCUT2D eigenvalue weighted by Gasteiger charge is 2.58. The third-order valence-electron chi connectivity index (χ3n) is 2.24. The van der Waals surface area contributed by atoms with Crippen LogP contribution in [0.5, 0.6) is 5.75 Å². The van der Waals surface area contributed by atoms with Gasteiger partial charge in [-0.3, -0.25) is 0 Å². The summed E-state index contributed by atoms with van der Waals surface area (Å²) >= 11 is 2.89. The van der Waals surface area contributed by atoms with Crippen LogP contribution in [0.25, 0.3) is 0 Å². The van der Waals surface area contributed by atoms with E-state index in [0.717, 1.165) is 12.1 Å². The lowest BCUT2D eigenvalue weighted by atomic mass is 10.1. The fraction of sp³-hybridized carbons (Fsp3) is 0.455. The molecule has 0 radical (unpaired) electrons. The summed E-state index contributed by atoms with van der Waals surface area (Å²) in [5.41, 5.74) is -0.779. The molecule has 9 heteroatoms. The molecule has 0 saturated heterocycles. The van der Waals surface area contributed by atoms with Crippen LogP contribution < -0.4 is 4.74 Å². The molecule has 1 rings (SSSR count). The van der Waals surface area contributed by atoms with Gasteiger partial charge in [0.2, 0.25) is 0 Å². The third-order valence-corrected chi connectivity index (χ3v) is 2.73. The zero-order valence-electron chi connectivity index (χ0n) is 9.87. The van der Waals surface area contributed by atoms with Gasteiger partial charge in [0.15, 0.2) is 6.61 Å². The molecule has 0 saturated carbocycles. The van der Waals surface area contributed by atoms with Gasteiger partial charge >= 0.3 is 12.1 Å². The fourth-order valence-electron chi connectivity index (χ4n) is 1.23. The molecule has 0 bridgehead atoms. The van der Waals surface area contributed by atoms with E-state index in [1.807, 2.05) is 0 Å². The average molecular weight is 369 g/mol. The van der Waals surface area contributed by atoms with Crippen molar-refractivity contribution in [3.8, 4) is 5.75 Å². The van der Waals surface area contributed by atoms with Gasteiger partial charge in [-0.1, -0.05) is 15.9 Å². The van der Waals surface area contributed by atoms with Crippen LogP contribution in [-0.2, 0) is 5.92 Å². The lowest BCUT2D eigenvalue weighted by Gasteiger charge is -2.22. The molecular weight excluding hydrogens is 361 g/mol. The Morgan fingerprint density at radius 2 is 1.60 bits per heavy atom. The predicted octanol–water partition coefficient (Wildman–Crippen LogP) is 5.14. The van der Waals surface area contributed by atoms with Crippen molar-refractivity contribution in [3.05, 3.63) is 28.2 Å². The summed E-state index contributed by atoms with van der Waals surface area (Å²) in [6.07, 6.45) is -5.81. The zero-order chi connectivity index (χ0) is 15.8. The van der Waals surface area contributed by atoms with E-state index in [0.29, 0.717) is 6.92 Å². The van der Waals surface area contributed by atoms with Crippen molar-refractivity contribution in [2.75, 3.05) is 6.61 Å². The Hall–Kier alpha value is -0.990. The zero-order valence-corrected chi connectivity index (χ0v) is 11.5. The van der Waals surface area contributed by atoms with E-state index in [-0.39, 0.29) is 4.47 Å². The number of rotatable bonds is 4. The molecule has 0 heterocycles. The maximum absolute atomic E-state index is 13.2. The molecule has 114 valence electrons. The number of benzene rings is 1. The minimum atomic E-state index is -5.81. The first-order valence-electron chi connectivity index (χ1n) is 5.10. The first-order valence-corrected chi connectivity index (χ1v) is 5.89. The molecule has 0 aromatic heterocycles. The Kier molecular flexibility index (Phi) is 4.62. The van der Waals surface area contributed by atoms with E-state index in [9.17, 15) is 30.7 Å². The largest absolute Gasteiger partial charge is 0.486 e. The van der Waals surface area contributed by atoms with Crippen molar-refractivity contribution in [1.82, 2.24) is 0 Å². The summed E-state index contributed by atoms with van der Waals surface area (Å²) in [7, 11) is 0. The molecule has 20 heavy (non-hydrogen) atoms. The van der Waals surface area contributed by atoms with E-state index in [1.54, 1.807) is 0 Å². The second-order valence-corrected chi connectivity index (χ2v) is 4.94. The van der Waals surface area contributed by atoms with Crippen LogP contribution in [0.2, 0.25) is 0 Å².